The third-order valence-corrected chi connectivity index (χ3v) is 4.84. The Hall–Kier alpha value is -2.25. The average Bonchev–Trinajstić information content (AvgIpc) is 3.07. The number of benzene rings is 1. The van der Waals surface area contributed by atoms with Crippen LogP contribution in [0.1, 0.15) is 18.7 Å². The van der Waals surface area contributed by atoms with E-state index in [2.05, 4.69) is 9.71 Å². The van der Waals surface area contributed by atoms with Crippen LogP contribution in [0.5, 0.6) is 0 Å². The molecular formula is C14H15N3O3S. The maximum Gasteiger partial charge on any atom is 0.243 e. The molecule has 0 radical (unpaired) electrons. The predicted octanol–water partition coefficient (Wildman–Crippen LogP) is 2.38. The number of fused-ring (bicyclic) bond motifs is 1. The molecule has 110 valence electrons. The quantitative estimate of drug-likeness (QED) is 0.644. The van der Waals surface area contributed by atoms with Crippen LogP contribution < -0.4 is 10.5 Å². The van der Waals surface area contributed by atoms with Crippen molar-refractivity contribution in [3.05, 3.63) is 48.6 Å². The molecule has 0 aliphatic heterocycles. The number of furan rings is 1. The third-order valence-electron chi connectivity index (χ3n) is 3.26. The summed E-state index contributed by atoms with van der Waals surface area (Å²) in [5, 5.41) is 0.600. The smallest absolute Gasteiger partial charge is 0.243 e. The molecule has 2 heterocycles. The second kappa shape index (κ2) is 4.94. The summed E-state index contributed by atoms with van der Waals surface area (Å²) < 4.78 is 32.8. The van der Waals surface area contributed by atoms with Gasteiger partial charge in [0.25, 0.3) is 0 Å². The summed E-state index contributed by atoms with van der Waals surface area (Å²) >= 11 is 0. The Morgan fingerprint density at radius 3 is 2.86 bits per heavy atom. The van der Waals surface area contributed by atoms with Gasteiger partial charge in [-0.3, -0.25) is 0 Å². The van der Waals surface area contributed by atoms with Crippen LogP contribution in [0, 0.1) is 0 Å². The molecule has 1 aromatic carbocycles. The lowest BCUT2D eigenvalue weighted by atomic mass is 10.2. The van der Waals surface area contributed by atoms with Crippen molar-refractivity contribution in [2.45, 2.75) is 17.9 Å². The molecule has 1 atom stereocenters. The van der Waals surface area contributed by atoms with E-state index in [0.29, 0.717) is 22.4 Å². The van der Waals surface area contributed by atoms with E-state index in [1.54, 1.807) is 37.3 Å². The number of rotatable bonds is 4. The third kappa shape index (κ3) is 2.53. The maximum atomic E-state index is 12.5. The summed E-state index contributed by atoms with van der Waals surface area (Å²) in [6.45, 7) is 1.73. The molecule has 0 aliphatic carbocycles. The topological polar surface area (TPSA) is 101 Å². The van der Waals surface area contributed by atoms with Crippen LogP contribution in [0.15, 0.2) is 52.1 Å². The standard InChI is InChI=1S/C14H15N3O3S/c1-9(13-3-2-6-20-13)17-21(18,19)14-8-16-12-7-10(15)4-5-11(12)14/h2-9,16-17H,15H2,1H3. The number of nitrogens with one attached hydrogen (secondary N) is 2. The predicted molar refractivity (Wildman–Crippen MR) is 80.2 cm³/mol. The van der Waals surface area contributed by atoms with Gasteiger partial charge in [0, 0.05) is 22.8 Å². The highest BCUT2D eigenvalue weighted by Crippen LogP contribution is 2.26. The molecule has 0 fully saturated rings. The van der Waals surface area contributed by atoms with E-state index in [-0.39, 0.29) is 4.90 Å². The number of aromatic nitrogens is 1. The molecule has 3 aromatic rings. The zero-order valence-electron chi connectivity index (χ0n) is 11.3. The van der Waals surface area contributed by atoms with E-state index in [9.17, 15) is 8.42 Å². The maximum absolute atomic E-state index is 12.5. The number of nitrogens with two attached hydrogens (primary N) is 1. The van der Waals surface area contributed by atoms with Crippen molar-refractivity contribution in [3.8, 4) is 0 Å². The van der Waals surface area contributed by atoms with E-state index in [4.69, 9.17) is 10.2 Å². The first-order chi connectivity index (χ1) is 9.97. The van der Waals surface area contributed by atoms with Crippen LogP contribution >= 0.6 is 0 Å². The van der Waals surface area contributed by atoms with E-state index < -0.39 is 16.1 Å². The number of anilines is 1. The van der Waals surface area contributed by atoms with Gasteiger partial charge in [0.15, 0.2) is 0 Å². The van der Waals surface area contributed by atoms with Gasteiger partial charge >= 0.3 is 0 Å². The molecule has 4 N–H and O–H groups in total. The lowest BCUT2D eigenvalue weighted by Crippen LogP contribution is -2.26. The number of hydrogen-bond acceptors (Lipinski definition) is 4. The molecule has 7 heteroatoms. The van der Waals surface area contributed by atoms with Crippen molar-refractivity contribution in [2.75, 3.05) is 5.73 Å². The van der Waals surface area contributed by atoms with Crippen LogP contribution in [-0.4, -0.2) is 13.4 Å². The number of hydrogen-bond donors (Lipinski definition) is 3. The fourth-order valence-corrected chi connectivity index (χ4v) is 3.62. The molecule has 0 bridgehead atoms. The van der Waals surface area contributed by atoms with Crippen LogP contribution in [0.3, 0.4) is 0 Å². The molecule has 0 amide bonds. The fraction of sp³-hybridized carbons (Fsp3) is 0.143. The van der Waals surface area contributed by atoms with Gasteiger partial charge in [0.2, 0.25) is 10.0 Å². The zero-order valence-corrected chi connectivity index (χ0v) is 12.1. The highest BCUT2D eigenvalue weighted by Gasteiger charge is 2.22. The van der Waals surface area contributed by atoms with Crippen molar-refractivity contribution >= 4 is 26.6 Å². The summed E-state index contributed by atoms with van der Waals surface area (Å²) in [6.07, 6.45) is 2.97. The fourth-order valence-electron chi connectivity index (χ4n) is 2.23. The van der Waals surface area contributed by atoms with Gasteiger partial charge in [0.1, 0.15) is 10.7 Å². The second-order valence-corrected chi connectivity index (χ2v) is 6.50. The van der Waals surface area contributed by atoms with E-state index in [1.807, 2.05) is 0 Å². The SMILES string of the molecule is CC(NS(=O)(=O)c1c[nH]c2cc(N)ccc12)c1ccco1. The molecule has 1 unspecified atom stereocenters. The molecule has 0 spiro atoms. The minimum atomic E-state index is -3.66. The second-order valence-electron chi connectivity index (χ2n) is 4.82. The van der Waals surface area contributed by atoms with E-state index in [1.165, 1.54) is 12.5 Å². The van der Waals surface area contributed by atoms with Crippen LogP contribution in [0.25, 0.3) is 10.9 Å². The van der Waals surface area contributed by atoms with Crippen molar-refractivity contribution in [3.63, 3.8) is 0 Å². The monoisotopic (exact) mass is 305 g/mol. The normalized spacial score (nSPS) is 13.6. The Morgan fingerprint density at radius 2 is 2.14 bits per heavy atom. The molecule has 21 heavy (non-hydrogen) atoms. The Kier molecular flexibility index (Phi) is 3.23. The molecule has 0 saturated carbocycles. The highest BCUT2D eigenvalue weighted by molar-refractivity contribution is 7.89. The summed E-state index contributed by atoms with van der Waals surface area (Å²) in [6, 6.07) is 8.05. The van der Waals surface area contributed by atoms with Crippen molar-refractivity contribution in [2.24, 2.45) is 0 Å². The Morgan fingerprint density at radius 1 is 1.33 bits per heavy atom. The Balaban J connectivity index is 1.97. The van der Waals surface area contributed by atoms with Crippen molar-refractivity contribution in [1.29, 1.82) is 0 Å². The number of aromatic amines is 1. The lowest BCUT2D eigenvalue weighted by Gasteiger charge is -2.11. The van der Waals surface area contributed by atoms with Gasteiger partial charge in [-0.25, -0.2) is 13.1 Å². The number of H-pyrrole nitrogens is 1. The number of nitrogen functional groups attached to an aromatic ring is 1. The van der Waals surface area contributed by atoms with Gasteiger partial charge in [-0.1, -0.05) is 0 Å². The first kappa shape index (κ1) is 13.7. The van der Waals surface area contributed by atoms with Gasteiger partial charge in [-0.2, -0.15) is 0 Å². The van der Waals surface area contributed by atoms with E-state index in [0.717, 1.165) is 0 Å². The summed E-state index contributed by atoms with van der Waals surface area (Å²) in [5.74, 6) is 0.558. The molecule has 0 aliphatic rings. The molecule has 0 saturated heterocycles. The largest absolute Gasteiger partial charge is 0.468 e. The molecular weight excluding hydrogens is 290 g/mol. The van der Waals surface area contributed by atoms with Crippen molar-refractivity contribution < 1.29 is 12.8 Å². The first-order valence-corrected chi connectivity index (χ1v) is 7.88. The average molecular weight is 305 g/mol. The zero-order chi connectivity index (χ0) is 15.0. The minimum Gasteiger partial charge on any atom is -0.468 e. The summed E-state index contributed by atoms with van der Waals surface area (Å²) in [4.78, 5) is 3.11. The van der Waals surface area contributed by atoms with Crippen LogP contribution in [0.2, 0.25) is 0 Å². The minimum absolute atomic E-state index is 0.191. The van der Waals surface area contributed by atoms with Gasteiger partial charge < -0.3 is 15.1 Å². The summed E-state index contributed by atoms with van der Waals surface area (Å²) in [5.41, 5.74) is 6.95. The lowest BCUT2D eigenvalue weighted by molar-refractivity contribution is 0.459. The molecule has 3 rings (SSSR count). The molecule has 6 nitrogen and oxygen atoms in total. The Labute approximate surface area is 122 Å². The summed E-state index contributed by atoms with van der Waals surface area (Å²) in [7, 11) is -3.66. The van der Waals surface area contributed by atoms with E-state index >= 15 is 0 Å². The van der Waals surface area contributed by atoms with Crippen molar-refractivity contribution in [1.82, 2.24) is 9.71 Å². The van der Waals surface area contributed by atoms with Crippen LogP contribution in [-0.2, 0) is 10.0 Å². The first-order valence-electron chi connectivity index (χ1n) is 6.40. The highest BCUT2D eigenvalue weighted by atomic mass is 32.2. The van der Waals surface area contributed by atoms with Gasteiger partial charge in [-0.15, -0.1) is 0 Å². The van der Waals surface area contributed by atoms with Gasteiger partial charge in [0.05, 0.1) is 12.3 Å². The number of sulfonamides is 1. The Bertz CT molecular complexity index is 866. The van der Waals surface area contributed by atoms with Crippen LogP contribution in [0.4, 0.5) is 5.69 Å². The van der Waals surface area contributed by atoms with Gasteiger partial charge in [-0.05, 0) is 37.3 Å². The molecule has 2 aromatic heterocycles.